The number of nitrogens with one attached hydrogen (secondary N) is 2. The number of furan rings is 1. The fourth-order valence-corrected chi connectivity index (χ4v) is 2.60. The van der Waals surface area contributed by atoms with Crippen LogP contribution in [0.25, 0.3) is 0 Å². The summed E-state index contributed by atoms with van der Waals surface area (Å²) in [5.74, 6) is -0.00497. The molecule has 27 heavy (non-hydrogen) atoms. The Labute approximate surface area is 157 Å². The van der Waals surface area contributed by atoms with Crippen molar-refractivity contribution in [3.05, 3.63) is 65.4 Å². The topological polar surface area (TPSA) is 89.2 Å². The second-order valence-corrected chi connectivity index (χ2v) is 6.63. The van der Waals surface area contributed by atoms with Crippen LogP contribution in [0, 0.1) is 13.8 Å². The Morgan fingerprint density at radius 1 is 1.11 bits per heavy atom. The predicted octanol–water partition coefficient (Wildman–Crippen LogP) is 4.18. The first-order valence-electron chi connectivity index (χ1n) is 8.66. The molecular weight excluding hydrogens is 344 g/mol. The second-order valence-electron chi connectivity index (χ2n) is 6.63. The van der Waals surface area contributed by atoms with E-state index in [4.69, 9.17) is 4.42 Å². The van der Waals surface area contributed by atoms with Crippen LogP contribution in [0.5, 0.6) is 0 Å². The van der Waals surface area contributed by atoms with Crippen molar-refractivity contribution in [3.8, 4) is 0 Å². The number of benzene rings is 1. The Morgan fingerprint density at radius 3 is 2.52 bits per heavy atom. The zero-order valence-corrected chi connectivity index (χ0v) is 15.7. The van der Waals surface area contributed by atoms with Crippen LogP contribution in [0.1, 0.15) is 51.9 Å². The van der Waals surface area contributed by atoms with Gasteiger partial charge in [0.15, 0.2) is 0 Å². The molecular formula is C20H22N4O3. The van der Waals surface area contributed by atoms with Crippen molar-refractivity contribution in [1.29, 1.82) is 0 Å². The van der Waals surface area contributed by atoms with Crippen LogP contribution in [-0.2, 0) is 0 Å². The van der Waals surface area contributed by atoms with Crippen molar-refractivity contribution in [3.63, 3.8) is 0 Å². The summed E-state index contributed by atoms with van der Waals surface area (Å²) in [6.45, 7) is 7.61. The number of aryl methyl sites for hydroxylation is 2. The largest absolute Gasteiger partial charge is 0.469 e. The molecule has 0 saturated heterocycles. The SMILES string of the molecule is Cc1ccc(C(=O)Nc2cnn(C(C)C)c2)cc1NC(=O)c1ccoc1C. The minimum absolute atomic E-state index is 0.211. The van der Waals surface area contributed by atoms with Crippen molar-refractivity contribution >= 4 is 23.2 Å². The second kappa shape index (κ2) is 7.49. The van der Waals surface area contributed by atoms with Crippen molar-refractivity contribution in [2.24, 2.45) is 0 Å². The van der Waals surface area contributed by atoms with Gasteiger partial charge in [0.25, 0.3) is 11.8 Å². The number of carbonyl (C=O) groups is 2. The van der Waals surface area contributed by atoms with Gasteiger partial charge in [0.2, 0.25) is 0 Å². The third kappa shape index (κ3) is 4.08. The van der Waals surface area contributed by atoms with Gasteiger partial charge in [-0.05, 0) is 51.5 Å². The number of nitrogens with zero attached hydrogens (tertiary/aromatic N) is 2. The molecule has 0 unspecified atom stereocenters. The first-order valence-corrected chi connectivity index (χ1v) is 8.66. The number of amides is 2. The number of hydrogen-bond donors (Lipinski definition) is 2. The number of hydrogen-bond acceptors (Lipinski definition) is 4. The van der Waals surface area contributed by atoms with E-state index in [1.807, 2.05) is 20.8 Å². The van der Waals surface area contributed by atoms with E-state index >= 15 is 0 Å². The minimum atomic E-state index is -0.278. The highest BCUT2D eigenvalue weighted by atomic mass is 16.3. The molecule has 0 bridgehead atoms. The average molecular weight is 366 g/mol. The fraction of sp³-hybridized carbons (Fsp3) is 0.250. The van der Waals surface area contributed by atoms with Gasteiger partial charge in [-0.2, -0.15) is 5.10 Å². The summed E-state index contributed by atoms with van der Waals surface area (Å²) < 4.78 is 6.94. The Bertz CT molecular complexity index is 985. The van der Waals surface area contributed by atoms with Crippen LogP contribution < -0.4 is 10.6 Å². The smallest absolute Gasteiger partial charge is 0.259 e. The van der Waals surface area contributed by atoms with Gasteiger partial charge in [-0.15, -0.1) is 0 Å². The first-order chi connectivity index (χ1) is 12.8. The highest BCUT2D eigenvalue weighted by Gasteiger charge is 2.15. The van der Waals surface area contributed by atoms with Gasteiger partial charge < -0.3 is 15.1 Å². The minimum Gasteiger partial charge on any atom is -0.469 e. The molecule has 2 N–H and O–H groups in total. The van der Waals surface area contributed by atoms with Gasteiger partial charge in [-0.3, -0.25) is 14.3 Å². The molecule has 2 amide bonds. The third-order valence-electron chi connectivity index (χ3n) is 4.24. The van der Waals surface area contributed by atoms with E-state index in [1.54, 1.807) is 48.3 Å². The van der Waals surface area contributed by atoms with Gasteiger partial charge in [0, 0.05) is 23.5 Å². The maximum Gasteiger partial charge on any atom is 0.259 e. The summed E-state index contributed by atoms with van der Waals surface area (Å²) >= 11 is 0. The fourth-order valence-electron chi connectivity index (χ4n) is 2.60. The zero-order valence-electron chi connectivity index (χ0n) is 15.7. The van der Waals surface area contributed by atoms with Gasteiger partial charge in [-0.25, -0.2) is 0 Å². The van der Waals surface area contributed by atoms with Crippen molar-refractivity contribution < 1.29 is 14.0 Å². The lowest BCUT2D eigenvalue weighted by Crippen LogP contribution is -2.15. The Hall–Kier alpha value is -3.35. The van der Waals surface area contributed by atoms with Gasteiger partial charge in [0.1, 0.15) is 5.76 Å². The van der Waals surface area contributed by atoms with E-state index in [-0.39, 0.29) is 17.9 Å². The Kier molecular flexibility index (Phi) is 5.12. The van der Waals surface area contributed by atoms with E-state index in [0.717, 1.165) is 5.56 Å². The number of aromatic nitrogens is 2. The predicted molar refractivity (Wildman–Crippen MR) is 103 cm³/mol. The van der Waals surface area contributed by atoms with E-state index in [9.17, 15) is 9.59 Å². The molecule has 7 nitrogen and oxygen atoms in total. The van der Waals surface area contributed by atoms with Crippen LogP contribution in [0.2, 0.25) is 0 Å². The maximum atomic E-state index is 12.5. The maximum absolute atomic E-state index is 12.5. The highest BCUT2D eigenvalue weighted by molar-refractivity contribution is 6.08. The van der Waals surface area contributed by atoms with Crippen LogP contribution in [0.3, 0.4) is 0 Å². The molecule has 2 aromatic heterocycles. The number of anilines is 2. The van der Waals surface area contributed by atoms with Crippen molar-refractivity contribution in [2.45, 2.75) is 33.7 Å². The normalized spacial score (nSPS) is 10.9. The van der Waals surface area contributed by atoms with Crippen LogP contribution >= 0.6 is 0 Å². The average Bonchev–Trinajstić information content (AvgIpc) is 3.25. The quantitative estimate of drug-likeness (QED) is 0.709. The molecule has 0 aliphatic heterocycles. The summed E-state index contributed by atoms with van der Waals surface area (Å²) in [5, 5.41) is 9.86. The van der Waals surface area contributed by atoms with Crippen LogP contribution in [0.15, 0.2) is 47.3 Å². The Balaban J connectivity index is 1.76. The molecule has 7 heteroatoms. The van der Waals surface area contributed by atoms with E-state index in [2.05, 4.69) is 15.7 Å². The summed E-state index contributed by atoms with van der Waals surface area (Å²) in [7, 11) is 0. The molecule has 1 aromatic carbocycles. The molecule has 140 valence electrons. The number of carbonyl (C=O) groups excluding carboxylic acids is 2. The van der Waals surface area contributed by atoms with Gasteiger partial charge in [0.05, 0.1) is 23.7 Å². The zero-order chi connectivity index (χ0) is 19.6. The van der Waals surface area contributed by atoms with E-state index in [1.165, 1.54) is 6.26 Å². The molecule has 0 spiro atoms. The molecule has 3 rings (SSSR count). The van der Waals surface area contributed by atoms with Crippen LogP contribution in [0.4, 0.5) is 11.4 Å². The highest BCUT2D eigenvalue weighted by Crippen LogP contribution is 2.20. The lowest BCUT2D eigenvalue weighted by atomic mass is 10.1. The van der Waals surface area contributed by atoms with Gasteiger partial charge in [-0.1, -0.05) is 6.07 Å². The molecule has 0 radical (unpaired) electrons. The molecule has 0 aliphatic rings. The van der Waals surface area contributed by atoms with E-state index < -0.39 is 0 Å². The molecule has 0 saturated carbocycles. The molecule has 3 aromatic rings. The lowest BCUT2D eigenvalue weighted by molar-refractivity contribution is 0.101. The lowest BCUT2D eigenvalue weighted by Gasteiger charge is -2.10. The summed E-state index contributed by atoms with van der Waals surface area (Å²) in [6.07, 6.45) is 4.86. The monoisotopic (exact) mass is 366 g/mol. The van der Waals surface area contributed by atoms with Crippen molar-refractivity contribution in [1.82, 2.24) is 9.78 Å². The van der Waals surface area contributed by atoms with Crippen molar-refractivity contribution in [2.75, 3.05) is 10.6 Å². The summed E-state index contributed by atoms with van der Waals surface area (Å²) in [4.78, 5) is 25.0. The third-order valence-corrected chi connectivity index (χ3v) is 4.24. The molecule has 0 fully saturated rings. The van der Waals surface area contributed by atoms with Gasteiger partial charge >= 0.3 is 0 Å². The number of rotatable bonds is 5. The summed E-state index contributed by atoms with van der Waals surface area (Å²) in [5.41, 5.74) is 2.95. The molecule has 2 heterocycles. The summed E-state index contributed by atoms with van der Waals surface area (Å²) in [6, 6.07) is 7.00. The first kappa shape index (κ1) is 18.4. The van der Waals surface area contributed by atoms with E-state index in [0.29, 0.717) is 28.3 Å². The Morgan fingerprint density at radius 2 is 1.89 bits per heavy atom. The molecule has 0 atom stereocenters. The standard InChI is InChI=1S/C20H22N4O3/c1-12(2)24-11-16(10-21-24)22-19(25)15-6-5-13(3)18(9-15)23-20(26)17-7-8-27-14(17)4/h5-12H,1-4H3,(H,22,25)(H,23,26). The molecule has 0 aliphatic carbocycles. The van der Waals surface area contributed by atoms with Crippen LogP contribution in [-0.4, -0.2) is 21.6 Å².